The molecule has 1 fully saturated rings. The Morgan fingerprint density at radius 1 is 1.50 bits per heavy atom. The molecule has 0 spiro atoms. The first-order valence-corrected chi connectivity index (χ1v) is 7.52. The van der Waals surface area contributed by atoms with E-state index in [4.69, 9.17) is 5.73 Å². The Hall–Kier alpha value is -1.42. The van der Waals surface area contributed by atoms with Crippen LogP contribution in [0.3, 0.4) is 0 Å². The van der Waals surface area contributed by atoms with E-state index >= 15 is 0 Å². The molecular formula is C16H24N2O2. The third-order valence-corrected chi connectivity index (χ3v) is 4.75. The molecule has 0 aromatic heterocycles. The molecule has 0 bridgehead atoms. The Kier molecular flexibility index (Phi) is 4.76. The van der Waals surface area contributed by atoms with Crippen LogP contribution in [0.5, 0.6) is 0 Å². The molecule has 2 N–H and O–H groups in total. The van der Waals surface area contributed by atoms with Gasteiger partial charge in [-0.15, -0.1) is 0 Å². The molecule has 2 rings (SSSR count). The lowest BCUT2D eigenvalue weighted by Crippen LogP contribution is -2.37. The summed E-state index contributed by atoms with van der Waals surface area (Å²) < 4.78 is 0. The predicted molar refractivity (Wildman–Crippen MR) is 80.5 cm³/mol. The second-order valence-electron chi connectivity index (χ2n) is 6.18. The fourth-order valence-electron chi connectivity index (χ4n) is 3.56. The Morgan fingerprint density at radius 3 is 2.95 bits per heavy atom. The Morgan fingerprint density at radius 2 is 2.30 bits per heavy atom. The van der Waals surface area contributed by atoms with E-state index < -0.39 is 0 Å². The van der Waals surface area contributed by atoms with Crippen molar-refractivity contribution in [2.24, 2.45) is 17.1 Å². The highest BCUT2D eigenvalue weighted by atomic mass is 16.6. The number of nitro groups is 1. The van der Waals surface area contributed by atoms with Crippen LogP contribution in [0.1, 0.15) is 44.6 Å². The van der Waals surface area contributed by atoms with Crippen molar-refractivity contribution in [3.05, 3.63) is 39.9 Å². The number of benzene rings is 1. The summed E-state index contributed by atoms with van der Waals surface area (Å²) in [7, 11) is 0. The van der Waals surface area contributed by atoms with Crippen molar-refractivity contribution in [3.8, 4) is 0 Å². The van der Waals surface area contributed by atoms with Gasteiger partial charge >= 0.3 is 0 Å². The quantitative estimate of drug-likeness (QED) is 0.658. The molecule has 110 valence electrons. The zero-order valence-electron chi connectivity index (χ0n) is 12.2. The first-order valence-electron chi connectivity index (χ1n) is 7.52. The first-order chi connectivity index (χ1) is 9.58. The minimum atomic E-state index is -0.325. The maximum Gasteiger partial charge on any atom is 0.269 e. The van der Waals surface area contributed by atoms with Crippen LogP contribution in [0.4, 0.5) is 5.69 Å². The molecule has 2 unspecified atom stereocenters. The normalized spacial score (nSPS) is 26.4. The molecule has 1 aromatic rings. The Bertz CT molecular complexity index is 475. The van der Waals surface area contributed by atoms with E-state index in [0.29, 0.717) is 6.54 Å². The molecule has 0 heterocycles. The number of hydrogen-bond donors (Lipinski definition) is 1. The van der Waals surface area contributed by atoms with E-state index in [1.54, 1.807) is 18.2 Å². The molecule has 2 atom stereocenters. The lowest BCUT2D eigenvalue weighted by Gasteiger charge is -2.40. The number of nitrogens with zero attached hydrogens (tertiary/aromatic N) is 1. The fourth-order valence-corrected chi connectivity index (χ4v) is 3.56. The number of non-ortho nitro benzene ring substituents is 1. The third kappa shape index (κ3) is 3.37. The van der Waals surface area contributed by atoms with Crippen molar-refractivity contribution in [1.29, 1.82) is 0 Å². The molecule has 20 heavy (non-hydrogen) atoms. The first kappa shape index (κ1) is 15.0. The van der Waals surface area contributed by atoms with Gasteiger partial charge in [0, 0.05) is 12.1 Å². The summed E-state index contributed by atoms with van der Waals surface area (Å²) in [6.07, 6.45) is 6.89. The molecule has 1 aliphatic carbocycles. The monoisotopic (exact) mass is 276 g/mol. The van der Waals surface area contributed by atoms with Gasteiger partial charge in [-0.05, 0) is 42.7 Å². The summed E-state index contributed by atoms with van der Waals surface area (Å²) in [4.78, 5) is 10.5. The lowest BCUT2D eigenvalue weighted by molar-refractivity contribution is -0.384. The number of nitro benzene ring substituents is 1. The summed E-state index contributed by atoms with van der Waals surface area (Å²) in [6.45, 7) is 2.91. The second-order valence-corrected chi connectivity index (χ2v) is 6.18. The summed E-state index contributed by atoms with van der Waals surface area (Å²) in [6, 6.07) is 7.01. The van der Waals surface area contributed by atoms with Crippen molar-refractivity contribution < 1.29 is 4.92 Å². The average Bonchev–Trinajstić information content (AvgIpc) is 2.47. The lowest BCUT2D eigenvalue weighted by atomic mass is 9.66. The van der Waals surface area contributed by atoms with Crippen LogP contribution in [0, 0.1) is 21.4 Å². The zero-order chi connectivity index (χ0) is 14.6. The van der Waals surface area contributed by atoms with E-state index in [2.05, 4.69) is 6.92 Å². The van der Waals surface area contributed by atoms with Gasteiger partial charge in [-0.1, -0.05) is 38.3 Å². The van der Waals surface area contributed by atoms with E-state index in [9.17, 15) is 10.1 Å². The molecule has 0 radical (unpaired) electrons. The number of nitrogens with two attached hydrogens (primary N) is 1. The van der Waals surface area contributed by atoms with Gasteiger partial charge in [-0.25, -0.2) is 0 Å². The van der Waals surface area contributed by atoms with Gasteiger partial charge < -0.3 is 5.73 Å². The van der Waals surface area contributed by atoms with E-state index in [0.717, 1.165) is 30.7 Å². The Balaban J connectivity index is 2.17. The highest BCUT2D eigenvalue weighted by Gasteiger charge is 2.34. The summed E-state index contributed by atoms with van der Waals surface area (Å²) >= 11 is 0. The maximum atomic E-state index is 10.9. The van der Waals surface area contributed by atoms with Crippen LogP contribution in [0.15, 0.2) is 24.3 Å². The van der Waals surface area contributed by atoms with Crippen molar-refractivity contribution in [2.45, 2.75) is 45.4 Å². The standard InChI is InChI=1S/C16H24N2O2/c1-2-13-6-4-8-16(10-13,12-17)11-14-5-3-7-15(9-14)18(19)20/h3,5,7,9,13H,2,4,6,8,10-12,17H2,1H3. The molecule has 4 nitrogen and oxygen atoms in total. The van der Waals surface area contributed by atoms with Gasteiger partial charge in [0.15, 0.2) is 0 Å². The highest BCUT2D eigenvalue weighted by molar-refractivity contribution is 5.34. The highest BCUT2D eigenvalue weighted by Crippen LogP contribution is 2.42. The van der Waals surface area contributed by atoms with Gasteiger partial charge in [0.25, 0.3) is 5.69 Å². The molecule has 0 saturated heterocycles. The van der Waals surface area contributed by atoms with Crippen LogP contribution >= 0.6 is 0 Å². The largest absolute Gasteiger partial charge is 0.330 e. The fraction of sp³-hybridized carbons (Fsp3) is 0.625. The van der Waals surface area contributed by atoms with E-state index in [-0.39, 0.29) is 16.0 Å². The zero-order valence-corrected chi connectivity index (χ0v) is 12.2. The predicted octanol–water partition coefficient (Wildman–Crippen LogP) is 3.68. The Labute approximate surface area is 120 Å². The molecule has 4 heteroatoms. The second kappa shape index (κ2) is 6.35. The van der Waals surface area contributed by atoms with E-state index in [1.165, 1.54) is 19.3 Å². The third-order valence-electron chi connectivity index (χ3n) is 4.75. The van der Waals surface area contributed by atoms with Gasteiger partial charge in [0.1, 0.15) is 0 Å². The molecular weight excluding hydrogens is 252 g/mol. The summed E-state index contributed by atoms with van der Waals surface area (Å²) in [5.41, 5.74) is 7.42. The van der Waals surface area contributed by atoms with Gasteiger partial charge in [0.05, 0.1) is 4.92 Å². The van der Waals surface area contributed by atoms with Crippen LogP contribution in [0.25, 0.3) is 0 Å². The number of rotatable bonds is 5. The molecule has 1 aromatic carbocycles. The van der Waals surface area contributed by atoms with Crippen LogP contribution in [0.2, 0.25) is 0 Å². The van der Waals surface area contributed by atoms with Crippen molar-refractivity contribution in [1.82, 2.24) is 0 Å². The maximum absolute atomic E-state index is 10.9. The van der Waals surface area contributed by atoms with Crippen molar-refractivity contribution >= 4 is 5.69 Å². The average molecular weight is 276 g/mol. The SMILES string of the molecule is CCC1CCCC(CN)(Cc2cccc([N+](=O)[O-])c2)C1. The van der Waals surface area contributed by atoms with Crippen LogP contribution in [-0.4, -0.2) is 11.5 Å². The molecule has 1 saturated carbocycles. The van der Waals surface area contributed by atoms with Crippen molar-refractivity contribution in [3.63, 3.8) is 0 Å². The van der Waals surface area contributed by atoms with E-state index in [1.807, 2.05) is 6.07 Å². The van der Waals surface area contributed by atoms with Gasteiger partial charge in [-0.2, -0.15) is 0 Å². The van der Waals surface area contributed by atoms with Crippen LogP contribution in [-0.2, 0) is 6.42 Å². The topological polar surface area (TPSA) is 69.2 Å². The van der Waals surface area contributed by atoms with Gasteiger partial charge in [0.2, 0.25) is 0 Å². The minimum absolute atomic E-state index is 0.133. The summed E-state index contributed by atoms with van der Waals surface area (Å²) in [5, 5.41) is 10.9. The summed E-state index contributed by atoms with van der Waals surface area (Å²) in [5.74, 6) is 0.756. The van der Waals surface area contributed by atoms with Gasteiger partial charge in [-0.3, -0.25) is 10.1 Å². The van der Waals surface area contributed by atoms with Crippen molar-refractivity contribution in [2.75, 3.05) is 6.54 Å². The smallest absolute Gasteiger partial charge is 0.269 e. The molecule has 0 amide bonds. The molecule has 1 aliphatic rings. The van der Waals surface area contributed by atoms with Crippen LogP contribution < -0.4 is 5.73 Å². The number of hydrogen-bond acceptors (Lipinski definition) is 3. The molecule has 0 aliphatic heterocycles. The minimum Gasteiger partial charge on any atom is -0.330 e.